The van der Waals surface area contributed by atoms with E-state index in [1.165, 1.54) is 0 Å². The van der Waals surface area contributed by atoms with Gasteiger partial charge in [-0.25, -0.2) is 0 Å². The van der Waals surface area contributed by atoms with Crippen LogP contribution in [-0.2, 0) is 13.0 Å². The molecular formula is C14H17BrCl2N4. The minimum absolute atomic E-state index is 0.145. The first kappa shape index (κ1) is 16.8. The van der Waals surface area contributed by atoms with Gasteiger partial charge in [-0.05, 0) is 41.4 Å². The number of nitrogens with zero attached hydrogens (tertiary/aromatic N) is 2. The lowest BCUT2D eigenvalue weighted by Crippen LogP contribution is -2.30. The Balaban J connectivity index is 2.38. The molecule has 0 saturated heterocycles. The van der Waals surface area contributed by atoms with Crippen molar-refractivity contribution in [2.24, 2.45) is 5.84 Å². The Morgan fingerprint density at radius 3 is 2.76 bits per heavy atom. The fourth-order valence-corrected chi connectivity index (χ4v) is 3.19. The summed E-state index contributed by atoms with van der Waals surface area (Å²) in [7, 11) is 0. The maximum Gasteiger partial charge on any atom is 0.0738 e. The number of hydrazine groups is 1. The van der Waals surface area contributed by atoms with Gasteiger partial charge >= 0.3 is 0 Å². The van der Waals surface area contributed by atoms with Crippen molar-refractivity contribution in [3.8, 4) is 0 Å². The third-order valence-electron chi connectivity index (χ3n) is 3.41. The van der Waals surface area contributed by atoms with Crippen LogP contribution in [0.3, 0.4) is 0 Å². The first-order valence-electron chi connectivity index (χ1n) is 6.61. The number of nitrogens with two attached hydrogens (primary N) is 1. The van der Waals surface area contributed by atoms with Crippen molar-refractivity contribution in [2.75, 3.05) is 0 Å². The Kier molecular flexibility index (Phi) is 5.68. The van der Waals surface area contributed by atoms with Crippen LogP contribution in [0.5, 0.6) is 0 Å². The zero-order valence-electron chi connectivity index (χ0n) is 11.8. The Hall–Kier alpha value is -0.590. The van der Waals surface area contributed by atoms with E-state index in [1.54, 1.807) is 6.07 Å². The molecule has 0 aliphatic rings. The molecule has 2 aromatic rings. The largest absolute Gasteiger partial charge is 0.271 e. The highest BCUT2D eigenvalue weighted by molar-refractivity contribution is 9.10. The van der Waals surface area contributed by atoms with Gasteiger partial charge in [0.25, 0.3) is 0 Å². The van der Waals surface area contributed by atoms with E-state index >= 15 is 0 Å². The van der Waals surface area contributed by atoms with Gasteiger partial charge < -0.3 is 0 Å². The monoisotopic (exact) mass is 390 g/mol. The molecule has 7 heteroatoms. The van der Waals surface area contributed by atoms with Gasteiger partial charge in [0.2, 0.25) is 0 Å². The zero-order valence-corrected chi connectivity index (χ0v) is 14.9. The minimum Gasteiger partial charge on any atom is -0.271 e. The fourth-order valence-electron chi connectivity index (χ4n) is 2.31. The average Bonchev–Trinajstić information content (AvgIpc) is 2.75. The highest BCUT2D eigenvalue weighted by atomic mass is 79.9. The van der Waals surface area contributed by atoms with Crippen LogP contribution in [0, 0.1) is 6.92 Å². The summed E-state index contributed by atoms with van der Waals surface area (Å²) in [5.74, 6) is 5.72. The third kappa shape index (κ3) is 3.43. The van der Waals surface area contributed by atoms with Crippen LogP contribution in [0.15, 0.2) is 22.7 Å². The minimum atomic E-state index is -0.145. The van der Waals surface area contributed by atoms with Crippen LogP contribution in [0.1, 0.15) is 29.9 Å². The summed E-state index contributed by atoms with van der Waals surface area (Å²) in [5, 5.41) is 5.54. The quantitative estimate of drug-likeness (QED) is 0.597. The highest BCUT2D eigenvalue weighted by Crippen LogP contribution is 2.33. The summed E-state index contributed by atoms with van der Waals surface area (Å²) < 4.78 is 2.96. The first-order valence-corrected chi connectivity index (χ1v) is 8.16. The Bertz CT molecular complexity index is 642. The van der Waals surface area contributed by atoms with E-state index < -0.39 is 0 Å². The molecule has 0 aliphatic carbocycles. The van der Waals surface area contributed by atoms with Crippen molar-refractivity contribution in [1.82, 2.24) is 15.2 Å². The van der Waals surface area contributed by atoms with Crippen molar-refractivity contribution >= 4 is 39.1 Å². The SMILES string of the molecule is CCn1nc(C)c(Br)c1CC(NN)c1cccc(Cl)c1Cl. The lowest BCUT2D eigenvalue weighted by molar-refractivity contribution is 0.516. The molecule has 0 aliphatic heterocycles. The zero-order chi connectivity index (χ0) is 15.6. The van der Waals surface area contributed by atoms with Crippen molar-refractivity contribution in [1.29, 1.82) is 0 Å². The maximum atomic E-state index is 6.29. The summed E-state index contributed by atoms with van der Waals surface area (Å²) in [6, 6.07) is 5.41. The topological polar surface area (TPSA) is 55.9 Å². The molecule has 1 unspecified atom stereocenters. The molecule has 2 rings (SSSR count). The number of aryl methyl sites for hydroxylation is 2. The molecule has 0 amide bonds. The molecule has 0 fully saturated rings. The van der Waals surface area contributed by atoms with Gasteiger partial charge in [-0.15, -0.1) is 0 Å². The van der Waals surface area contributed by atoms with E-state index in [1.807, 2.05) is 23.7 Å². The van der Waals surface area contributed by atoms with Crippen molar-refractivity contribution in [2.45, 2.75) is 32.9 Å². The van der Waals surface area contributed by atoms with Gasteiger partial charge in [0.05, 0.1) is 31.9 Å². The van der Waals surface area contributed by atoms with Gasteiger partial charge in [0.15, 0.2) is 0 Å². The lowest BCUT2D eigenvalue weighted by atomic mass is 10.0. The molecule has 1 aromatic carbocycles. The number of halogens is 3. The molecule has 3 N–H and O–H groups in total. The summed E-state index contributed by atoms with van der Waals surface area (Å²) in [5.41, 5.74) is 5.73. The molecule has 0 bridgehead atoms. The average molecular weight is 392 g/mol. The van der Waals surface area contributed by atoms with Crippen molar-refractivity contribution in [3.63, 3.8) is 0 Å². The van der Waals surface area contributed by atoms with Crippen LogP contribution in [0.2, 0.25) is 10.0 Å². The number of hydrogen-bond donors (Lipinski definition) is 2. The van der Waals surface area contributed by atoms with E-state index in [2.05, 4.69) is 33.4 Å². The molecule has 1 atom stereocenters. The van der Waals surface area contributed by atoms with Gasteiger partial charge in [0.1, 0.15) is 0 Å². The summed E-state index contributed by atoms with van der Waals surface area (Å²) in [6.45, 7) is 4.82. The lowest BCUT2D eigenvalue weighted by Gasteiger charge is -2.19. The van der Waals surface area contributed by atoms with Gasteiger partial charge in [-0.1, -0.05) is 35.3 Å². The maximum absolute atomic E-state index is 6.29. The Labute approximate surface area is 142 Å². The molecule has 4 nitrogen and oxygen atoms in total. The number of rotatable bonds is 5. The number of aromatic nitrogens is 2. The van der Waals surface area contributed by atoms with Crippen molar-refractivity contribution < 1.29 is 0 Å². The van der Waals surface area contributed by atoms with E-state index in [9.17, 15) is 0 Å². The Morgan fingerprint density at radius 2 is 2.14 bits per heavy atom. The van der Waals surface area contributed by atoms with Gasteiger partial charge in [-0.3, -0.25) is 16.0 Å². The number of hydrogen-bond acceptors (Lipinski definition) is 3. The first-order chi connectivity index (χ1) is 9.99. The molecule has 114 valence electrons. The third-order valence-corrected chi connectivity index (χ3v) is 5.27. The summed E-state index contributed by atoms with van der Waals surface area (Å²) in [4.78, 5) is 0. The van der Waals surface area contributed by atoms with E-state index in [4.69, 9.17) is 29.0 Å². The predicted molar refractivity (Wildman–Crippen MR) is 90.6 cm³/mol. The molecular weight excluding hydrogens is 375 g/mol. The second kappa shape index (κ2) is 7.11. The normalized spacial score (nSPS) is 12.7. The molecule has 0 saturated carbocycles. The molecule has 1 heterocycles. The van der Waals surface area contributed by atoms with E-state index in [-0.39, 0.29) is 6.04 Å². The second-order valence-electron chi connectivity index (χ2n) is 4.73. The smallest absolute Gasteiger partial charge is 0.0738 e. The fraction of sp³-hybridized carbons (Fsp3) is 0.357. The van der Waals surface area contributed by atoms with Crippen LogP contribution < -0.4 is 11.3 Å². The van der Waals surface area contributed by atoms with Crippen molar-refractivity contribution in [3.05, 3.63) is 49.7 Å². The number of benzene rings is 1. The van der Waals surface area contributed by atoms with Crippen LogP contribution in [0.4, 0.5) is 0 Å². The molecule has 1 aromatic heterocycles. The summed E-state index contributed by atoms with van der Waals surface area (Å²) >= 11 is 16.0. The predicted octanol–water partition coefficient (Wildman–Crippen LogP) is 4.03. The standard InChI is InChI=1S/C14H17BrCl2N4/c1-3-21-12(13(15)8(2)20-21)7-11(19-18)9-5-4-6-10(16)14(9)17/h4-6,11,19H,3,7,18H2,1-2H3. The molecule has 0 radical (unpaired) electrons. The van der Waals surface area contributed by atoms with E-state index in [0.29, 0.717) is 16.5 Å². The highest BCUT2D eigenvalue weighted by Gasteiger charge is 2.20. The van der Waals surface area contributed by atoms with Crippen LogP contribution in [-0.4, -0.2) is 9.78 Å². The Morgan fingerprint density at radius 1 is 1.43 bits per heavy atom. The van der Waals surface area contributed by atoms with Crippen LogP contribution >= 0.6 is 39.1 Å². The molecule has 0 spiro atoms. The second-order valence-corrected chi connectivity index (χ2v) is 6.31. The van der Waals surface area contributed by atoms with E-state index in [0.717, 1.165) is 28.0 Å². The van der Waals surface area contributed by atoms with Gasteiger partial charge in [0, 0.05) is 13.0 Å². The molecule has 21 heavy (non-hydrogen) atoms. The van der Waals surface area contributed by atoms with Gasteiger partial charge in [-0.2, -0.15) is 5.10 Å². The van der Waals surface area contributed by atoms with Crippen LogP contribution in [0.25, 0.3) is 0 Å². The summed E-state index contributed by atoms with van der Waals surface area (Å²) in [6.07, 6.45) is 0.659. The number of nitrogens with one attached hydrogen (secondary N) is 1.